The van der Waals surface area contributed by atoms with Crippen molar-refractivity contribution >= 4 is 11.6 Å². The fourth-order valence-corrected chi connectivity index (χ4v) is 1.32. The molecular formula is C12H18N2O2. The van der Waals surface area contributed by atoms with Gasteiger partial charge in [-0.25, -0.2) is 4.98 Å². The van der Waals surface area contributed by atoms with Crippen molar-refractivity contribution in [3.63, 3.8) is 0 Å². The molecule has 0 spiro atoms. The maximum atomic E-state index is 11.7. The Morgan fingerprint density at radius 2 is 2.19 bits per heavy atom. The van der Waals surface area contributed by atoms with Gasteiger partial charge in [0, 0.05) is 12.6 Å². The average Bonchev–Trinajstić information content (AvgIpc) is 2.15. The first-order valence-electron chi connectivity index (χ1n) is 5.21. The summed E-state index contributed by atoms with van der Waals surface area (Å²) in [5, 5.41) is 2.79. The van der Waals surface area contributed by atoms with Crippen molar-refractivity contribution in [1.29, 1.82) is 0 Å². The number of ether oxygens (including phenoxy) is 1. The van der Waals surface area contributed by atoms with E-state index in [1.807, 2.05) is 20.8 Å². The molecule has 0 unspecified atom stereocenters. The molecular weight excluding hydrogens is 204 g/mol. The predicted molar refractivity (Wildman–Crippen MR) is 63.5 cm³/mol. The van der Waals surface area contributed by atoms with Gasteiger partial charge in [0.2, 0.25) is 11.8 Å². The van der Waals surface area contributed by atoms with Crippen molar-refractivity contribution in [3.8, 4) is 5.88 Å². The highest BCUT2D eigenvalue weighted by Crippen LogP contribution is 2.23. The quantitative estimate of drug-likeness (QED) is 0.854. The lowest BCUT2D eigenvalue weighted by Crippen LogP contribution is -2.20. The van der Waals surface area contributed by atoms with Gasteiger partial charge in [0.15, 0.2) is 0 Å². The van der Waals surface area contributed by atoms with E-state index in [-0.39, 0.29) is 11.3 Å². The van der Waals surface area contributed by atoms with Gasteiger partial charge in [0.05, 0.1) is 7.11 Å². The lowest BCUT2D eigenvalue weighted by atomic mass is 9.92. The van der Waals surface area contributed by atoms with Gasteiger partial charge in [-0.1, -0.05) is 20.8 Å². The standard InChI is InChI=1S/C12H18N2O2/c1-12(2,3)8-10(15)14-9-6-5-7-13-11(9)16-4/h5-7H,8H2,1-4H3,(H,14,15). The van der Waals surface area contributed by atoms with E-state index in [1.54, 1.807) is 18.3 Å². The molecule has 1 aromatic rings. The van der Waals surface area contributed by atoms with Gasteiger partial charge in [-0.2, -0.15) is 0 Å². The smallest absolute Gasteiger partial charge is 0.237 e. The number of amides is 1. The molecule has 1 N–H and O–H groups in total. The first kappa shape index (κ1) is 12.5. The molecule has 0 aliphatic heterocycles. The number of carbonyl (C=O) groups is 1. The highest BCUT2D eigenvalue weighted by atomic mass is 16.5. The second-order valence-electron chi connectivity index (χ2n) is 4.85. The van der Waals surface area contributed by atoms with Crippen LogP contribution in [0.25, 0.3) is 0 Å². The number of hydrogen-bond donors (Lipinski definition) is 1. The van der Waals surface area contributed by atoms with Crippen LogP contribution in [0.1, 0.15) is 27.2 Å². The number of rotatable bonds is 3. The summed E-state index contributed by atoms with van der Waals surface area (Å²) >= 11 is 0. The van der Waals surface area contributed by atoms with E-state index in [9.17, 15) is 4.79 Å². The minimum absolute atomic E-state index is 0.0282. The van der Waals surface area contributed by atoms with Gasteiger partial charge in [-0.15, -0.1) is 0 Å². The van der Waals surface area contributed by atoms with E-state index in [0.29, 0.717) is 18.0 Å². The highest BCUT2D eigenvalue weighted by molar-refractivity contribution is 5.92. The molecule has 0 fully saturated rings. The number of hydrogen-bond acceptors (Lipinski definition) is 3. The van der Waals surface area contributed by atoms with E-state index in [4.69, 9.17) is 4.74 Å². The first-order valence-corrected chi connectivity index (χ1v) is 5.21. The van der Waals surface area contributed by atoms with Crippen molar-refractivity contribution in [2.45, 2.75) is 27.2 Å². The number of pyridine rings is 1. The third-order valence-corrected chi connectivity index (χ3v) is 1.93. The third-order valence-electron chi connectivity index (χ3n) is 1.93. The normalized spacial score (nSPS) is 11.0. The van der Waals surface area contributed by atoms with E-state index in [0.717, 1.165) is 0 Å². The zero-order valence-corrected chi connectivity index (χ0v) is 10.2. The SMILES string of the molecule is COc1ncccc1NC(=O)CC(C)(C)C. The van der Waals surface area contributed by atoms with Gasteiger partial charge < -0.3 is 10.1 Å². The summed E-state index contributed by atoms with van der Waals surface area (Å²) in [5.41, 5.74) is 0.582. The summed E-state index contributed by atoms with van der Waals surface area (Å²) in [6, 6.07) is 3.53. The number of carbonyl (C=O) groups excluding carboxylic acids is 1. The predicted octanol–water partition coefficient (Wildman–Crippen LogP) is 2.46. The second-order valence-corrected chi connectivity index (χ2v) is 4.85. The molecule has 4 heteroatoms. The molecule has 1 heterocycles. The lowest BCUT2D eigenvalue weighted by molar-refractivity contribution is -0.117. The Morgan fingerprint density at radius 1 is 1.50 bits per heavy atom. The fraction of sp³-hybridized carbons (Fsp3) is 0.500. The van der Waals surface area contributed by atoms with Crippen LogP contribution >= 0.6 is 0 Å². The van der Waals surface area contributed by atoms with E-state index in [1.165, 1.54) is 7.11 Å². The van der Waals surface area contributed by atoms with Crippen LogP contribution in [0.2, 0.25) is 0 Å². The maximum absolute atomic E-state index is 11.7. The summed E-state index contributed by atoms with van der Waals surface area (Å²) in [7, 11) is 1.53. The lowest BCUT2D eigenvalue weighted by Gasteiger charge is -2.17. The van der Waals surface area contributed by atoms with Gasteiger partial charge in [0.25, 0.3) is 0 Å². The Morgan fingerprint density at radius 3 is 2.75 bits per heavy atom. The van der Waals surface area contributed by atoms with Crippen molar-refractivity contribution in [2.24, 2.45) is 5.41 Å². The number of methoxy groups -OCH3 is 1. The van der Waals surface area contributed by atoms with Crippen LogP contribution in [-0.4, -0.2) is 18.0 Å². The largest absolute Gasteiger partial charge is 0.480 e. The summed E-state index contributed by atoms with van der Waals surface area (Å²) < 4.78 is 5.05. The highest BCUT2D eigenvalue weighted by Gasteiger charge is 2.17. The monoisotopic (exact) mass is 222 g/mol. The summed E-state index contributed by atoms with van der Waals surface area (Å²) in [6.45, 7) is 6.06. The van der Waals surface area contributed by atoms with Crippen molar-refractivity contribution in [2.75, 3.05) is 12.4 Å². The molecule has 4 nitrogen and oxygen atoms in total. The van der Waals surface area contributed by atoms with E-state index < -0.39 is 0 Å². The Bertz CT molecular complexity index is 370. The van der Waals surface area contributed by atoms with Crippen LogP contribution in [0.3, 0.4) is 0 Å². The molecule has 16 heavy (non-hydrogen) atoms. The minimum Gasteiger partial charge on any atom is -0.480 e. The van der Waals surface area contributed by atoms with Crippen LogP contribution in [0.15, 0.2) is 18.3 Å². The zero-order chi connectivity index (χ0) is 12.2. The van der Waals surface area contributed by atoms with Gasteiger partial charge in [-0.3, -0.25) is 4.79 Å². The molecule has 1 rings (SSSR count). The number of aromatic nitrogens is 1. The van der Waals surface area contributed by atoms with Gasteiger partial charge in [-0.05, 0) is 17.5 Å². The van der Waals surface area contributed by atoms with Crippen molar-refractivity contribution in [3.05, 3.63) is 18.3 Å². The fourth-order valence-electron chi connectivity index (χ4n) is 1.32. The number of nitrogens with zero attached hydrogens (tertiary/aromatic N) is 1. The topological polar surface area (TPSA) is 51.2 Å². The van der Waals surface area contributed by atoms with Crippen LogP contribution in [0, 0.1) is 5.41 Å². The first-order chi connectivity index (χ1) is 7.42. The Labute approximate surface area is 96.0 Å². The molecule has 1 aromatic heterocycles. The molecule has 0 aliphatic rings. The number of anilines is 1. The molecule has 0 aromatic carbocycles. The van der Waals surface area contributed by atoms with E-state index in [2.05, 4.69) is 10.3 Å². The third kappa shape index (κ3) is 3.88. The molecule has 0 radical (unpaired) electrons. The van der Waals surface area contributed by atoms with Gasteiger partial charge >= 0.3 is 0 Å². The molecule has 0 bridgehead atoms. The zero-order valence-electron chi connectivity index (χ0n) is 10.2. The summed E-state index contributed by atoms with van der Waals surface area (Å²) in [5.74, 6) is 0.406. The average molecular weight is 222 g/mol. The van der Waals surface area contributed by atoms with Gasteiger partial charge in [0.1, 0.15) is 5.69 Å². The Kier molecular flexibility index (Phi) is 3.88. The van der Waals surface area contributed by atoms with E-state index >= 15 is 0 Å². The molecule has 1 amide bonds. The molecule has 88 valence electrons. The maximum Gasteiger partial charge on any atom is 0.237 e. The summed E-state index contributed by atoms with van der Waals surface area (Å²) in [4.78, 5) is 15.7. The molecule has 0 atom stereocenters. The molecule has 0 saturated carbocycles. The minimum atomic E-state index is -0.0289. The Hall–Kier alpha value is -1.58. The van der Waals surface area contributed by atoms with Crippen LogP contribution in [-0.2, 0) is 4.79 Å². The van der Waals surface area contributed by atoms with Crippen LogP contribution in [0.5, 0.6) is 5.88 Å². The Balaban J connectivity index is 2.70. The molecule has 0 aliphatic carbocycles. The van der Waals surface area contributed by atoms with Crippen molar-refractivity contribution in [1.82, 2.24) is 4.98 Å². The molecule has 0 saturated heterocycles. The van der Waals surface area contributed by atoms with Crippen LogP contribution < -0.4 is 10.1 Å². The summed E-state index contributed by atoms with van der Waals surface area (Å²) in [6.07, 6.45) is 2.09. The number of nitrogens with one attached hydrogen (secondary N) is 1. The van der Waals surface area contributed by atoms with Crippen molar-refractivity contribution < 1.29 is 9.53 Å². The second kappa shape index (κ2) is 4.96. The van der Waals surface area contributed by atoms with Crippen LogP contribution in [0.4, 0.5) is 5.69 Å².